The Bertz CT molecular complexity index is 937. The summed E-state index contributed by atoms with van der Waals surface area (Å²) >= 11 is 6.25. The van der Waals surface area contributed by atoms with Crippen LogP contribution in [0.4, 0.5) is 5.69 Å². The fraction of sp³-hybridized carbons (Fsp3) is 0.600. The van der Waals surface area contributed by atoms with Gasteiger partial charge in [-0.2, -0.15) is 0 Å². The van der Waals surface area contributed by atoms with Crippen molar-refractivity contribution in [2.75, 3.05) is 44.2 Å². The summed E-state index contributed by atoms with van der Waals surface area (Å²) < 4.78 is 1.93. The van der Waals surface area contributed by atoms with Gasteiger partial charge in [0, 0.05) is 55.9 Å². The number of rotatable bonds is 8. The van der Waals surface area contributed by atoms with Gasteiger partial charge < -0.3 is 14.7 Å². The highest BCUT2D eigenvalue weighted by molar-refractivity contribution is 6.30. The van der Waals surface area contributed by atoms with Gasteiger partial charge in [0.25, 0.3) is 0 Å². The Kier molecular flexibility index (Phi) is 8.56. The molecule has 0 bridgehead atoms. The lowest BCUT2D eigenvalue weighted by atomic mass is 9.94. The van der Waals surface area contributed by atoms with E-state index in [-0.39, 0.29) is 17.7 Å². The number of anilines is 1. The number of likely N-dealkylation sites (tertiary alicyclic amines) is 2. The first-order valence-electron chi connectivity index (χ1n) is 12.4. The highest BCUT2D eigenvalue weighted by Crippen LogP contribution is 2.26. The van der Waals surface area contributed by atoms with E-state index >= 15 is 0 Å². The number of nitrogens with zero attached hydrogens (tertiary/aromatic N) is 6. The van der Waals surface area contributed by atoms with Crippen LogP contribution in [0.2, 0.25) is 5.02 Å². The lowest BCUT2D eigenvalue weighted by Crippen LogP contribution is -2.45. The van der Waals surface area contributed by atoms with Gasteiger partial charge in [0.2, 0.25) is 11.8 Å². The lowest BCUT2D eigenvalue weighted by molar-refractivity contribution is -0.133. The predicted molar refractivity (Wildman–Crippen MR) is 133 cm³/mol. The second-order valence-electron chi connectivity index (χ2n) is 9.51. The van der Waals surface area contributed by atoms with Gasteiger partial charge >= 0.3 is 0 Å². The maximum absolute atomic E-state index is 13.5. The summed E-state index contributed by atoms with van der Waals surface area (Å²) in [4.78, 5) is 31.4. The minimum Gasteiger partial charge on any atom is -0.343 e. The molecule has 2 fully saturated rings. The minimum absolute atomic E-state index is 0.0536. The van der Waals surface area contributed by atoms with Crippen molar-refractivity contribution in [1.29, 1.82) is 0 Å². The molecule has 0 spiro atoms. The van der Waals surface area contributed by atoms with Crippen LogP contribution < -0.4 is 4.90 Å². The van der Waals surface area contributed by atoms with Crippen molar-refractivity contribution >= 4 is 29.1 Å². The van der Waals surface area contributed by atoms with Crippen LogP contribution in [-0.2, 0) is 16.1 Å². The van der Waals surface area contributed by atoms with E-state index in [0.717, 1.165) is 64.0 Å². The first kappa shape index (κ1) is 24.7. The Morgan fingerprint density at radius 2 is 1.88 bits per heavy atom. The Labute approximate surface area is 206 Å². The molecule has 1 aromatic carbocycles. The van der Waals surface area contributed by atoms with Crippen molar-refractivity contribution in [2.45, 2.75) is 45.6 Å². The van der Waals surface area contributed by atoms with Crippen LogP contribution in [0.3, 0.4) is 0 Å². The van der Waals surface area contributed by atoms with E-state index in [1.807, 2.05) is 44.9 Å². The summed E-state index contributed by atoms with van der Waals surface area (Å²) in [6.07, 6.45) is 8.32. The fourth-order valence-corrected chi connectivity index (χ4v) is 5.30. The first-order valence-corrected chi connectivity index (χ1v) is 12.8. The Balaban J connectivity index is 1.30. The number of benzene rings is 1. The summed E-state index contributed by atoms with van der Waals surface area (Å²) in [7, 11) is 0. The van der Waals surface area contributed by atoms with Crippen LogP contribution in [0, 0.1) is 11.8 Å². The third-order valence-corrected chi connectivity index (χ3v) is 7.39. The maximum Gasteiger partial charge on any atom is 0.230 e. The molecule has 8 nitrogen and oxygen atoms in total. The molecule has 0 unspecified atom stereocenters. The molecule has 184 valence electrons. The Morgan fingerprint density at radius 3 is 2.53 bits per heavy atom. The molecule has 2 saturated heterocycles. The summed E-state index contributed by atoms with van der Waals surface area (Å²) in [5.41, 5.74) is 0.859. The van der Waals surface area contributed by atoms with E-state index in [1.165, 1.54) is 0 Å². The molecule has 2 amide bonds. The van der Waals surface area contributed by atoms with E-state index in [0.29, 0.717) is 30.6 Å². The van der Waals surface area contributed by atoms with Gasteiger partial charge in [0.05, 0.1) is 6.20 Å². The number of hydrogen-bond donors (Lipinski definition) is 0. The average molecular weight is 487 g/mol. The van der Waals surface area contributed by atoms with E-state index in [4.69, 9.17) is 11.6 Å². The van der Waals surface area contributed by atoms with Crippen molar-refractivity contribution in [1.82, 2.24) is 24.8 Å². The fourth-order valence-electron chi connectivity index (χ4n) is 5.11. The highest BCUT2D eigenvalue weighted by Gasteiger charge is 2.30. The Hall–Kier alpha value is -2.45. The predicted octanol–water partition coefficient (Wildman–Crippen LogP) is 3.33. The van der Waals surface area contributed by atoms with Crippen LogP contribution in [0.5, 0.6) is 0 Å². The number of aromatic nitrogens is 3. The zero-order chi connectivity index (χ0) is 23.9. The molecule has 2 aliphatic heterocycles. The highest BCUT2D eigenvalue weighted by atomic mass is 35.5. The molecule has 9 heteroatoms. The van der Waals surface area contributed by atoms with Gasteiger partial charge in [-0.3, -0.25) is 14.3 Å². The lowest BCUT2D eigenvalue weighted by Gasteiger charge is -2.35. The SMILES string of the molecule is CC(=O)N1CCC(C(=O)N(CCCN2CCC(Cn3ccnn3)CC2)c2cccc(Cl)c2)CC1. The molecule has 34 heavy (non-hydrogen) atoms. The molecule has 1 aromatic heterocycles. The third kappa shape index (κ3) is 6.57. The van der Waals surface area contributed by atoms with E-state index < -0.39 is 0 Å². The summed E-state index contributed by atoms with van der Waals surface area (Å²) in [5, 5.41) is 8.62. The zero-order valence-electron chi connectivity index (χ0n) is 20.0. The molecular formula is C25H35ClN6O2. The third-order valence-electron chi connectivity index (χ3n) is 7.16. The standard InChI is InChI=1S/C25H35ClN6O2/c1-20(33)30-15-8-22(9-16-30)25(34)32(24-5-2-4-23(26)18-24)12-3-11-29-13-6-21(7-14-29)19-31-17-10-27-28-31/h2,4-5,10,17-18,21-22H,3,6-9,11-16,19H2,1H3. The van der Waals surface area contributed by atoms with Crippen molar-refractivity contribution in [3.05, 3.63) is 41.7 Å². The summed E-state index contributed by atoms with van der Waals surface area (Å²) in [6.45, 7) is 7.64. The Morgan fingerprint density at radius 1 is 1.12 bits per heavy atom. The number of carbonyl (C=O) groups is 2. The van der Waals surface area contributed by atoms with Crippen LogP contribution in [0.15, 0.2) is 36.7 Å². The normalized spacial score (nSPS) is 18.2. The number of halogens is 1. The van der Waals surface area contributed by atoms with E-state index in [9.17, 15) is 9.59 Å². The quantitative estimate of drug-likeness (QED) is 0.572. The first-order chi connectivity index (χ1) is 16.5. The van der Waals surface area contributed by atoms with Crippen LogP contribution in [0.1, 0.15) is 39.0 Å². The number of amides is 2. The van der Waals surface area contributed by atoms with Crippen molar-refractivity contribution in [3.8, 4) is 0 Å². The summed E-state index contributed by atoms with van der Waals surface area (Å²) in [6, 6.07) is 7.57. The summed E-state index contributed by atoms with van der Waals surface area (Å²) in [5.74, 6) is 0.824. The maximum atomic E-state index is 13.5. The topological polar surface area (TPSA) is 74.6 Å². The molecule has 2 aliphatic rings. The van der Waals surface area contributed by atoms with Crippen LogP contribution in [0.25, 0.3) is 0 Å². The number of hydrogen-bond acceptors (Lipinski definition) is 5. The van der Waals surface area contributed by atoms with Crippen molar-refractivity contribution in [2.24, 2.45) is 11.8 Å². The molecule has 0 N–H and O–H groups in total. The van der Waals surface area contributed by atoms with Gasteiger partial charge in [-0.1, -0.05) is 22.9 Å². The number of carbonyl (C=O) groups excluding carboxylic acids is 2. The van der Waals surface area contributed by atoms with Gasteiger partial charge in [-0.25, -0.2) is 0 Å². The van der Waals surface area contributed by atoms with Crippen molar-refractivity contribution in [3.63, 3.8) is 0 Å². The van der Waals surface area contributed by atoms with Crippen molar-refractivity contribution < 1.29 is 9.59 Å². The molecule has 0 saturated carbocycles. The molecule has 2 aromatic rings. The monoisotopic (exact) mass is 486 g/mol. The number of piperidine rings is 2. The second kappa shape index (κ2) is 11.8. The van der Waals surface area contributed by atoms with E-state index in [1.54, 1.807) is 13.1 Å². The van der Waals surface area contributed by atoms with Crippen LogP contribution in [-0.4, -0.2) is 75.9 Å². The van der Waals surface area contributed by atoms with Gasteiger partial charge in [0.15, 0.2) is 0 Å². The molecule has 4 rings (SSSR count). The molecule has 0 atom stereocenters. The molecular weight excluding hydrogens is 452 g/mol. The van der Waals surface area contributed by atoms with E-state index in [2.05, 4.69) is 15.2 Å². The van der Waals surface area contributed by atoms with Crippen LogP contribution >= 0.6 is 11.6 Å². The minimum atomic E-state index is -0.0536. The molecule has 0 radical (unpaired) electrons. The van der Waals surface area contributed by atoms with Gasteiger partial charge in [-0.15, -0.1) is 5.10 Å². The molecule has 0 aliphatic carbocycles. The second-order valence-corrected chi connectivity index (χ2v) is 9.95. The zero-order valence-corrected chi connectivity index (χ0v) is 20.7. The smallest absolute Gasteiger partial charge is 0.230 e. The molecule has 3 heterocycles. The average Bonchev–Trinajstić information content (AvgIpc) is 3.35. The van der Waals surface area contributed by atoms with Gasteiger partial charge in [-0.05, 0) is 75.9 Å². The largest absolute Gasteiger partial charge is 0.343 e. The van der Waals surface area contributed by atoms with Gasteiger partial charge in [0.1, 0.15) is 0 Å².